The average Bonchev–Trinajstić information content (AvgIpc) is 2.89. The molecule has 0 aliphatic heterocycles. The van der Waals surface area contributed by atoms with Crippen molar-refractivity contribution < 1.29 is 14.6 Å². The Morgan fingerprint density at radius 3 is 2.71 bits per heavy atom. The molecule has 3 rings (SSSR count). The number of carboxylic acids is 1. The van der Waals surface area contributed by atoms with Gasteiger partial charge in [-0.05, 0) is 44.2 Å². The molecule has 0 aliphatic rings. The van der Waals surface area contributed by atoms with E-state index in [1.165, 1.54) is 0 Å². The zero-order valence-electron chi connectivity index (χ0n) is 10.9. The number of hydrogen-bond donors (Lipinski definition) is 1. The van der Waals surface area contributed by atoms with Crippen LogP contribution in [-0.4, -0.2) is 11.1 Å². The smallest absolute Gasteiger partial charge is 0.340 e. The molecule has 106 valence electrons. The van der Waals surface area contributed by atoms with Gasteiger partial charge in [-0.25, -0.2) is 4.79 Å². The summed E-state index contributed by atoms with van der Waals surface area (Å²) in [6.07, 6.45) is 0. The van der Waals surface area contributed by atoms with Crippen LogP contribution in [0.25, 0.3) is 10.8 Å². The third-order valence-electron chi connectivity index (χ3n) is 3.15. The number of rotatable bonds is 4. The Morgan fingerprint density at radius 2 is 2.00 bits per heavy atom. The lowest BCUT2D eigenvalue weighted by Crippen LogP contribution is -2.04. The van der Waals surface area contributed by atoms with E-state index >= 15 is 0 Å². The first-order chi connectivity index (χ1) is 10.2. The Hall–Kier alpha value is -1.85. The highest BCUT2D eigenvalue weighted by molar-refractivity contribution is 9.10. The highest BCUT2D eigenvalue weighted by atomic mass is 79.9. The summed E-state index contributed by atoms with van der Waals surface area (Å²) in [5.74, 6) is -0.589. The molecule has 0 unspecified atom stereocenters. The number of thiophene rings is 1. The van der Waals surface area contributed by atoms with Crippen LogP contribution in [0.1, 0.15) is 15.2 Å². The van der Waals surface area contributed by atoms with Gasteiger partial charge in [0, 0.05) is 4.47 Å². The van der Waals surface area contributed by atoms with Gasteiger partial charge in [-0.3, -0.25) is 0 Å². The molecule has 3 nitrogen and oxygen atoms in total. The molecule has 0 fully saturated rings. The van der Waals surface area contributed by atoms with E-state index in [4.69, 9.17) is 4.74 Å². The van der Waals surface area contributed by atoms with Crippen LogP contribution >= 0.6 is 27.3 Å². The summed E-state index contributed by atoms with van der Waals surface area (Å²) in [7, 11) is 0. The standard InChI is InChI=1S/C16H11BrO3S/c17-12-7-8-21-14(12)9-20-13-6-5-10-3-1-2-4-11(10)15(13)16(18)19/h1-8H,9H2,(H,18,19). The molecule has 5 heteroatoms. The SMILES string of the molecule is O=C(O)c1c(OCc2sccc2Br)ccc2ccccc12. The zero-order chi connectivity index (χ0) is 14.8. The van der Waals surface area contributed by atoms with Crippen LogP contribution in [0.5, 0.6) is 5.75 Å². The summed E-state index contributed by atoms with van der Waals surface area (Å²) in [5, 5.41) is 13.0. The van der Waals surface area contributed by atoms with Crippen LogP contribution in [0, 0.1) is 0 Å². The lowest BCUT2D eigenvalue weighted by atomic mass is 10.0. The molecule has 0 saturated heterocycles. The number of benzene rings is 2. The van der Waals surface area contributed by atoms with Crippen molar-refractivity contribution in [3.05, 3.63) is 62.8 Å². The second-order valence-electron chi connectivity index (χ2n) is 4.45. The molecule has 2 aromatic carbocycles. The number of carboxylic acid groups (broad SMARTS) is 1. The molecule has 3 aromatic rings. The van der Waals surface area contributed by atoms with Crippen molar-refractivity contribution in [1.82, 2.24) is 0 Å². The minimum atomic E-state index is -0.980. The predicted molar refractivity (Wildman–Crippen MR) is 87.3 cm³/mol. The Bertz CT molecular complexity index is 810. The van der Waals surface area contributed by atoms with Gasteiger partial charge in [0.05, 0.1) is 4.88 Å². The summed E-state index contributed by atoms with van der Waals surface area (Å²) in [6, 6.07) is 12.9. The molecule has 21 heavy (non-hydrogen) atoms. The maximum atomic E-state index is 11.6. The van der Waals surface area contributed by atoms with Crippen molar-refractivity contribution in [1.29, 1.82) is 0 Å². The number of carbonyl (C=O) groups is 1. The molecule has 1 aromatic heterocycles. The quantitative estimate of drug-likeness (QED) is 0.714. The Kier molecular flexibility index (Phi) is 3.94. The molecule has 0 aliphatic carbocycles. The van der Waals surface area contributed by atoms with Crippen molar-refractivity contribution in [2.75, 3.05) is 0 Å². The van der Waals surface area contributed by atoms with Gasteiger partial charge < -0.3 is 9.84 Å². The Labute approximate surface area is 133 Å². The number of fused-ring (bicyclic) bond motifs is 1. The molecule has 0 bridgehead atoms. The van der Waals surface area contributed by atoms with Crippen LogP contribution in [0.4, 0.5) is 0 Å². The first-order valence-electron chi connectivity index (χ1n) is 6.26. The van der Waals surface area contributed by atoms with Crippen LogP contribution < -0.4 is 4.74 Å². The van der Waals surface area contributed by atoms with Gasteiger partial charge in [0.25, 0.3) is 0 Å². The first kappa shape index (κ1) is 14.1. The third kappa shape index (κ3) is 2.80. The van der Waals surface area contributed by atoms with Crippen molar-refractivity contribution >= 4 is 44.0 Å². The van der Waals surface area contributed by atoms with Crippen molar-refractivity contribution in [2.24, 2.45) is 0 Å². The van der Waals surface area contributed by atoms with E-state index in [0.717, 1.165) is 14.7 Å². The van der Waals surface area contributed by atoms with E-state index < -0.39 is 5.97 Å². The zero-order valence-corrected chi connectivity index (χ0v) is 13.3. The van der Waals surface area contributed by atoms with Crippen LogP contribution in [0.3, 0.4) is 0 Å². The molecule has 0 radical (unpaired) electrons. The number of aromatic carboxylic acids is 1. The monoisotopic (exact) mass is 362 g/mol. The van der Waals surface area contributed by atoms with Gasteiger partial charge in [-0.1, -0.05) is 30.3 Å². The fourth-order valence-corrected chi connectivity index (χ4v) is 3.54. The van der Waals surface area contributed by atoms with E-state index in [1.807, 2.05) is 35.7 Å². The largest absolute Gasteiger partial charge is 0.487 e. The molecule has 0 atom stereocenters. The van der Waals surface area contributed by atoms with Gasteiger partial charge in [-0.15, -0.1) is 11.3 Å². The maximum Gasteiger partial charge on any atom is 0.340 e. The van der Waals surface area contributed by atoms with Crippen molar-refractivity contribution in [2.45, 2.75) is 6.61 Å². The molecular formula is C16H11BrO3S. The minimum Gasteiger partial charge on any atom is -0.487 e. The highest BCUT2D eigenvalue weighted by Crippen LogP contribution is 2.30. The summed E-state index contributed by atoms with van der Waals surface area (Å²) in [5.41, 5.74) is 0.209. The summed E-state index contributed by atoms with van der Waals surface area (Å²) in [4.78, 5) is 12.6. The summed E-state index contributed by atoms with van der Waals surface area (Å²) in [6.45, 7) is 0.344. The van der Waals surface area contributed by atoms with Gasteiger partial charge >= 0.3 is 5.97 Å². The molecular weight excluding hydrogens is 352 g/mol. The minimum absolute atomic E-state index is 0.209. The van der Waals surface area contributed by atoms with Gasteiger partial charge in [0.1, 0.15) is 17.9 Å². The fraction of sp³-hybridized carbons (Fsp3) is 0.0625. The number of ether oxygens (including phenoxy) is 1. The highest BCUT2D eigenvalue weighted by Gasteiger charge is 2.16. The number of hydrogen-bond acceptors (Lipinski definition) is 3. The lowest BCUT2D eigenvalue weighted by molar-refractivity contribution is 0.0694. The van der Waals surface area contributed by atoms with Crippen molar-refractivity contribution in [3.63, 3.8) is 0 Å². The first-order valence-corrected chi connectivity index (χ1v) is 7.94. The molecule has 0 spiro atoms. The maximum absolute atomic E-state index is 11.6. The predicted octanol–water partition coefficient (Wildman–Crippen LogP) is 4.94. The lowest BCUT2D eigenvalue weighted by Gasteiger charge is -2.11. The summed E-state index contributed by atoms with van der Waals surface area (Å²) < 4.78 is 6.71. The van der Waals surface area contributed by atoms with Crippen LogP contribution in [0.2, 0.25) is 0 Å². The second kappa shape index (κ2) is 5.87. The molecule has 1 N–H and O–H groups in total. The fourth-order valence-electron chi connectivity index (χ4n) is 2.16. The van der Waals surface area contributed by atoms with Crippen LogP contribution in [0.15, 0.2) is 52.3 Å². The molecule has 1 heterocycles. The molecule has 0 amide bonds. The molecule has 0 saturated carbocycles. The third-order valence-corrected chi connectivity index (χ3v) is 5.05. The van der Waals surface area contributed by atoms with E-state index in [9.17, 15) is 9.90 Å². The van der Waals surface area contributed by atoms with E-state index in [-0.39, 0.29) is 5.56 Å². The average molecular weight is 363 g/mol. The van der Waals surface area contributed by atoms with Gasteiger partial charge in [0.2, 0.25) is 0 Å². The van der Waals surface area contributed by atoms with Crippen molar-refractivity contribution in [3.8, 4) is 5.75 Å². The van der Waals surface area contributed by atoms with E-state index in [0.29, 0.717) is 17.7 Å². The Morgan fingerprint density at radius 1 is 1.19 bits per heavy atom. The van der Waals surface area contributed by atoms with E-state index in [1.54, 1.807) is 23.5 Å². The Balaban J connectivity index is 2.00. The topological polar surface area (TPSA) is 46.5 Å². The van der Waals surface area contributed by atoms with Gasteiger partial charge in [0.15, 0.2) is 0 Å². The second-order valence-corrected chi connectivity index (χ2v) is 6.30. The van der Waals surface area contributed by atoms with E-state index in [2.05, 4.69) is 15.9 Å². The van der Waals surface area contributed by atoms with Crippen LogP contribution in [-0.2, 0) is 6.61 Å². The van der Waals surface area contributed by atoms with Gasteiger partial charge in [-0.2, -0.15) is 0 Å². The summed E-state index contributed by atoms with van der Waals surface area (Å²) >= 11 is 5.01. The normalized spacial score (nSPS) is 10.7. The number of halogens is 1.